The number of hydrogen-bond donors (Lipinski definition) is 1. The van der Waals surface area contributed by atoms with Gasteiger partial charge < -0.3 is 9.73 Å². The molecule has 0 unspecified atom stereocenters. The van der Waals surface area contributed by atoms with Gasteiger partial charge >= 0.3 is 0 Å². The van der Waals surface area contributed by atoms with Gasteiger partial charge in [0.1, 0.15) is 17.9 Å². The lowest BCUT2D eigenvalue weighted by atomic mass is 10.00. The van der Waals surface area contributed by atoms with E-state index in [2.05, 4.69) is 39.6 Å². The Kier molecular flexibility index (Phi) is 5.53. The summed E-state index contributed by atoms with van der Waals surface area (Å²) in [6.45, 7) is 5.40. The number of furan rings is 1. The van der Waals surface area contributed by atoms with Gasteiger partial charge in [0.05, 0.1) is 11.8 Å². The van der Waals surface area contributed by atoms with Crippen LogP contribution in [0.2, 0.25) is 0 Å². The van der Waals surface area contributed by atoms with Gasteiger partial charge in [-0.05, 0) is 24.0 Å². The molecule has 0 fully saturated rings. The fourth-order valence-electron chi connectivity index (χ4n) is 4.53. The summed E-state index contributed by atoms with van der Waals surface area (Å²) in [5.41, 5.74) is 4.47. The third-order valence-electron chi connectivity index (χ3n) is 6.16. The molecule has 0 radical (unpaired) electrons. The topological polar surface area (TPSA) is 84.8 Å². The van der Waals surface area contributed by atoms with Gasteiger partial charge in [0.2, 0.25) is 5.91 Å². The number of hydrogen-bond acceptors (Lipinski definition) is 5. The first kappa shape index (κ1) is 20.5. The first-order valence-corrected chi connectivity index (χ1v) is 11.2. The molecule has 0 spiro atoms. The number of rotatable bonds is 7. The SMILES string of the molecule is CCc1nn(CC(=O)NCCCN2CCc3ccccc3C2)c(=O)c2cc3occc3n12. The molecule has 1 amide bonds. The van der Waals surface area contributed by atoms with Gasteiger partial charge in [-0.3, -0.25) is 18.9 Å². The standard InChI is InChI=1S/C24H27N5O3/c1-2-22-26-28(24(31)20-14-21-19(29(20)22)9-13-32-21)16-23(30)25-10-5-11-27-12-8-17-6-3-4-7-18(17)15-27/h3-4,6-7,9,13-14H,2,5,8,10-12,15-16H2,1H3,(H,25,30). The molecule has 8 heteroatoms. The van der Waals surface area contributed by atoms with E-state index >= 15 is 0 Å². The Bertz CT molecular complexity index is 1330. The van der Waals surface area contributed by atoms with Crippen molar-refractivity contribution in [2.45, 2.75) is 39.3 Å². The molecule has 4 aromatic rings. The van der Waals surface area contributed by atoms with Gasteiger partial charge in [-0.25, -0.2) is 4.68 Å². The molecule has 3 aromatic heterocycles. The average Bonchev–Trinajstić information content (AvgIpc) is 3.40. The maximum Gasteiger partial charge on any atom is 0.291 e. The minimum absolute atomic E-state index is 0.0913. The molecule has 0 bridgehead atoms. The van der Waals surface area contributed by atoms with Crippen molar-refractivity contribution in [2.24, 2.45) is 0 Å². The molecule has 8 nitrogen and oxygen atoms in total. The van der Waals surface area contributed by atoms with E-state index in [1.807, 2.05) is 17.4 Å². The van der Waals surface area contributed by atoms with E-state index in [-0.39, 0.29) is 18.0 Å². The third kappa shape index (κ3) is 3.82. The van der Waals surface area contributed by atoms with Crippen molar-refractivity contribution in [3.63, 3.8) is 0 Å². The average molecular weight is 434 g/mol. The second kappa shape index (κ2) is 8.63. The summed E-state index contributed by atoms with van der Waals surface area (Å²) < 4.78 is 8.50. The predicted octanol–water partition coefficient (Wildman–Crippen LogP) is 2.37. The van der Waals surface area contributed by atoms with Crippen molar-refractivity contribution in [1.29, 1.82) is 0 Å². The normalized spacial score (nSPS) is 14.2. The Morgan fingerprint density at radius 1 is 1.19 bits per heavy atom. The monoisotopic (exact) mass is 433 g/mol. The van der Waals surface area contributed by atoms with Crippen LogP contribution in [0.3, 0.4) is 0 Å². The molecule has 166 valence electrons. The predicted molar refractivity (Wildman–Crippen MR) is 122 cm³/mol. The number of carbonyl (C=O) groups excluding carboxylic acids is 1. The van der Waals surface area contributed by atoms with Crippen molar-refractivity contribution < 1.29 is 9.21 Å². The van der Waals surface area contributed by atoms with Crippen molar-refractivity contribution in [1.82, 2.24) is 24.4 Å². The molecular weight excluding hydrogens is 406 g/mol. The molecule has 4 heterocycles. The molecule has 1 aromatic carbocycles. The Balaban J connectivity index is 1.18. The van der Waals surface area contributed by atoms with Crippen molar-refractivity contribution in [3.05, 3.63) is 70.0 Å². The fourth-order valence-corrected chi connectivity index (χ4v) is 4.53. The van der Waals surface area contributed by atoms with Gasteiger partial charge in [0, 0.05) is 44.7 Å². The first-order valence-electron chi connectivity index (χ1n) is 11.2. The largest absolute Gasteiger partial charge is 0.463 e. The molecule has 0 atom stereocenters. The highest BCUT2D eigenvalue weighted by Crippen LogP contribution is 2.20. The van der Waals surface area contributed by atoms with Crippen LogP contribution in [0.4, 0.5) is 0 Å². The maximum absolute atomic E-state index is 12.9. The summed E-state index contributed by atoms with van der Waals surface area (Å²) in [7, 11) is 0. The quantitative estimate of drug-likeness (QED) is 0.453. The Morgan fingerprint density at radius 3 is 2.88 bits per heavy atom. The summed E-state index contributed by atoms with van der Waals surface area (Å²) in [6, 6.07) is 12.1. The fraction of sp³-hybridized carbons (Fsp3) is 0.375. The number of aryl methyl sites for hydroxylation is 1. The molecule has 5 rings (SSSR count). The minimum Gasteiger partial charge on any atom is -0.463 e. The van der Waals surface area contributed by atoms with Crippen LogP contribution in [0.1, 0.15) is 30.3 Å². The Morgan fingerprint density at radius 2 is 2.03 bits per heavy atom. The zero-order valence-electron chi connectivity index (χ0n) is 18.2. The van der Waals surface area contributed by atoms with Crippen LogP contribution in [-0.2, 0) is 30.7 Å². The zero-order chi connectivity index (χ0) is 22.1. The third-order valence-corrected chi connectivity index (χ3v) is 6.16. The molecule has 32 heavy (non-hydrogen) atoms. The molecule has 1 N–H and O–H groups in total. The van der Waals surface area contributed by atoms with Crippen molar-refractivity contribution >= 4 is 22.5 Å². The minimum atomic E-state index is -0.296. The zero-order valence-corrected chi connectivity index (χ0v) is 18.2. The van der Waals surface area contributed by atoms with E-state index in [4.69, 9.17) is 4.42 Å². The highest BCUT2D eigenvalue weighted by Gasteiger charge is 2.17. The van der Waals surface area contributed by atoms with Crippen LogP contribution >= 0.6 is 0 Å². The summed E-state index contributed by atoms with van der Waals surface area (Å²) in [5, 5.41) is 7.37. The summed E-state index contributed by atoms with van der Waals surface area (Å²) in [4.78, 5) is 27.8. The molecule has 0 saturated carbocycles. The van der Waals surface area contributed by atoms with Gasteiger partial charge in [-0.15, -0.1) is 0 Å². The van der Waals surface area contributed by atoms with E-state index in [0.717, 1.165) is 38.0 Å². The number of aromatic nitrogens is 3. The smallest absolute Gasteiger partial charge is 0.291 e. The Labute approximate surface area is 185 Å². The number of fused-ring (bicyclic) bond motifs is 4. The summed E-state index contributed by atoms with van der Waals surface area (Å²) in [5.74, 6) is 0.513. The second-order valence-corrected chi connectivity index (χ2v) is 8.27. The van der Waals surface area contributed by atoms with Crippen LogP contribution in [0.25, 0.3) is 16.6 Å². The number of nitrogens with zero attached hydrogens (tertiary/aromatic N) is 4. The molecule has 0 saturated heterocycles. The van der Waals surface area contributed by atoms with Crippen LogP contribution in [0, 0.1) is 0 Å². The molecular formula is C24H27N5O3. The molecule has 0 aliphatic carbocycles. The van der Waals surface area contributed by atoms with Crippen LogP contribution in [0.5, 0.6) is 0 Å². The van der Waals surface area contributed by atoms with Crippen LogP contribution < -0.4 is 10.9 Å². The lowest BCUT2D eigenvalue weighted by Crippen LogP contribution is -2.37. The molecule has 1 aliphatic rings. The first-order chi connectivity index (χ1) is 15.6. The summed E-state index contributed by atoms with van der Waals surface area (Å²) in [6.07, 6.45) is 4.17. The van der Waals surface area contributed by atoms with E-state index in [1.165, 1.54) is 15.8 Å². The lowest BCUT2D eigenvalue weighted by Gasteiger charge is -2.28. The molecule has 1 aliphatic heterocycles. The van der Waals surface area contributed by atoms with Gasteiger partial charge in [0.25, 0.3) is 5.56 Å². The van der Waals surface area contributed by atoms with Gasteiger partial charge in [-0.2, -0.15) is 5.10 Å². The van der Waals surface area contributed by atoms with E-state index < -0.39 is 0 Å². The van der Waals surface area contributed by atoms with Crippen molar-refractivity contribution in [2.75, 3.05) is 19.6 Å². The van der Waals surface area contributed by atoms with Gasteiger partial charge in [0.15, 0.2) is 5.58 Å². The van der Waals surface area contributed by atoms with E-state index in [9.17, 15) is 9.59 Å². The van der Waals surface area contributed by atoms with Crippen LogP contribution in [0.15, 0.2) is 51.9 Å². The number of carbonyl (C=O) groups is 1. The maximum atomic E-state index is 12.9. The highest BCUT2D eigenvalue weighted by molar-refractivity contribution is 5.82. The van der Waals surface area contributed by atoms with E-state index in [0.29, 0.717) is 29.9 Å². The summed E-state index contributed by atoms with van der Waals surface area (Å²) >= 11 is 0. The number of benzene rings is 1. The second-order valence-electron chi connectivity index (χ2n) is 8.27. The number of nitrogens with one attached hydrogen (secondary N) is 1. The van der Waals surface area contributed by atoms with E-state index in [1.54, 1.807) is 12.3 Å². The van der Waals surface area contributed by atoms with Crippen molar-refractivity contribution in [3.8, 4) is 0 Å². The van der Waals surface area contributed by atoms with Crippen LogP contribution in [-0.4, -0.2) is 44.6 Å². The lowest BCUT2D eigenvalue weighted by molar-refractivity contribution is -0.121. The Hall–Kier alpha value is -3.39. The number of amides is 1. The highest BCUT2D eigenvalue weighted by atomic mass is 16.3. The van der Waals surface area contributed by atoms with Gasteiger partial charge in [-0.1, -0.05) is 31.2 Å².